The Morgan fingerprint density at radius 1 is 1.32 bits per heavy atom. The summed E-state index contributed by atoms with van der Waals surface area (Å²) in [7, 11) is -4.74. The van der Waals surface area contributed by atoms with Crippen LogP contribution in [-0.4, -0.2) is 82.6 Å². The van der Waals surface area contributed by atoms with Crippen molar-refractivity contribution in [2.45, 2.75) is 37.0 Å². The molecule has 1 unspecified atom stereocenters. The summed E-state index contributed by atoms with van der Waals surface area (Å²) >= 11 is 0. The molecule has 0 aromatic carbocycles. The van der Waals surface area contributed by atoms with Crippen LogP contribution in [-0.2, 0) is 23.4 Å². The van der Waals surface area contributed by atoms with Crippen molar-refractivity contribution in [3.63, 3.8) is 0 Å². The third kappa shape index (κ3) is 4.96. The summed E-state index contributed by atoms with van der Waals surface area (Å²) in [6.07, 6.45) is -3.77. The number of fused-ring (bicyclic) bond motifs is 1. The van der Waals surface area contributed by atoms with Gasteiger partial charge in [-0.05, 0) is 0 Å². The van der Waals surface area contributed by atoms with E-state index in [2.05, 4.69) is 15.0 Å². The molecule has 170 valence electrons. The number of aliphatic hydroxyl groups is 2. The first kappa shape index (κ1) is 23.0. The minimum absolute atomic E-state index is 0.0937. The number of aliphatic hydroxyl groups excluding tert-OH is 2. The average molecular weight is 461 g/mol. The molecule has 1 saturated heterocycles. The normalized spacial score (nSPS) is 26.5. The standard InChI is InChI=1S/C14H20N7O9P/c15-5(14(25)26)1-7(22)20-31(27,28)29-2-6-9(23)10(24)13(30-6)21-4-19-8-11(16)17-3-18-12(8)21/h3-6,9-10,13,23-24H,1-2,15H2,(H,25,26)(H2,16,17,18)(H2,20,22,27,28)/t5-,6+,9+,10+,13+/m0/s1. The smallest absolute Gasteiger partial charge is 0.432 e. The van der Waals surface area contributed by atoms with Crippen molar-refractivity contribution in [1.29, 1.82) is 0 Å². The van der Waals surface area contributed by atoms with Gasteiger partial charge in [0.25, 0.3) is 0 Å². The SMILES string of the molecule is Nc1ncnc2c1ncn2[C@@H]1O[C@H](COP(=O)(O)NC(=O)C[C@H](N)C(=O)O)[C@@H](O)[C@H]1O. The lowest BCUT2D eigenvalue weighted by Crippen LogP contribution is -2.37. The van der Waals surface area contributed by atoms with Gasteiger partial charge in [0.05, 0.1) is 19.4 Å². The summed E-state index contributed by atoms with van der Waals surface area (Å²) in [5, 5.41) is 30.8. The number of nitrogens with one attached hydrogen (secondary N) is 1. The molecule has 9 N–H and O–H groups in total. The van der Waals surface area contributed by atoms with Crippen molar-refractivity contribution < 1.29 is 43.6 Å². The Labute approximate surface area is 173 Å². The van der Waals surface area contributed by atoms with Gasteiger partial charge in [-0.15, -0.1) is 0 Å². The van der Waals surface area contributed by atoms with Gasteiger partial charge in [0.15, 0.2) is 17.7 Å². The number of hydrogen-bond donors (Lipinski definition) is 7. The molecule has 1 aliphatic rings. The van der Waals surface area contributed by atoms with Gasteiger partial charge >= 0.3 is 13.7 Å². The molecule has 6 atom stereocenters. The highest BCUT2D eigenvalue weighted by Gasteiger charge is 2.45. The summed E-state index contributed by atoms with van der Waals surface area (Å²) in [6, 6.07) is -1.57. The molecule has 0 bridgehead atoms. The maximum atomic E-state index is 12.0. The van der Waals surface area contributed by atoms with Gasteiger partial charge in [-0.2, -0.15) is 0 Å². The highest BCUT2D eigenvalue weighted by atomic mass is 31.2. The molecule has 1 amide bonds. The van der Waals surface area contributed by atoms with E-state index in [1.165, 1.54) is 17.2 Å². The molecule has 2 aromatic heterocycles. The molecular formula is C14H20N7O9P. The number of nitrogens with two attached hydrogens (primary N) is 2. The number of carboxylic acids is 1. The van der Waals surface area contributed by atoms with Gasteiger partial charge in [0.2, 0.25) is 5.91 Å². The zero-order valence-electron chi connectivity index (χ0n) is 15.7. The number of amides is 1. The van der Waals surface area contributed by atoms with Gasteiger partial charge in [0.1, 0.15) is 36.2 Å². The van der Waals surface area contributed by atoms with Crippen LogP contribution in [0, 0.1) is 0 Å². The fourth-order valence-electron chi connectivity index (χ4n) is 2.85. The number of carbonyl (C=O) groups is 2. The molecule has 3 rings (SSSR count). The van der Waals surface area contributed by atoms with Gasteiger partial charge in [-0.25, -0.2) is 19.5 Å². The molecule has 0 aliphatic carbocycles. The van der Waals surface area contributed by atoms with E-state index in [0.29, 0.717) is 0 Å². The zero-order valence-corrected chi connectivity index (χ0v) is 16.6. The van der Waals surface area contributed by atoms with Crippen molar-refractivity contribution in [2.75, 3.05) is 12.3 Å². The second kappa shape index (κ2) is 8.80. The third-order valence-electron chi connectivity index (χ3n) is 4.40. The largest absolute Gasteiger partial charge is 0.480 e. The van der Waals surface area contributed by atoms with E-state index in [-0.39, 0.29) is 17.0 Å². The van der Waals surface area contributed by atoms with Crippen LogP contribution in [0.3, 0.4) is 0 Å². The molecule has 31 heavy (non-hydrogen) atoms. The van der Waals surface area contributed by atoms with E-state index in [4.69, 9.17) is 25.8 Å². The first-order chi connectivity index (χ1) is 14.5. The number of carboxylic acid groups (broad SMARTS) is 1. The van der Waals surface area contributed by atoms with Crippen molar-refractivity contribution in [2.24, 2.45) is 5.73 Å². The minimum Gasteiger partial charge on any atom is -0.480 e. The van der Waals surface area contributed by atoms with Crippen molar-refractivity contribution in [3.05, 3.63) is 12.7 Å². The lowest BCUT2D eigenvalue weighted by atomic mass is 10.1. The number of nitrogen functional groups attached to an aromatic ring is 1. The highest BCUT2D eigenvalue weighted by Crippen LogP contribution is 2.39. The molecule has 3 heterocycles. The number of aliphatic carboxylic acids is 1. The second-order valence-corrected chi connectivity index (χ2v) is 8.15. The maximum Gasteiger partial charge on any atom is 0.432 e. The lowest BCUT2D eigenvalue weighted by Gasteiger charge is -2.18. The molecule has 0 spiro atoms. The number of ether oxygens (including phenoxy) is 1. The summed E-state index contributed by atoms with van der Waals surface area (Å²) in [5.41, 5.74) is 11.3. The van der Waals surface area contributed by atoms with Crippen LogP contribution < -0.4 is 16.6 Å². The Morgan fingerprint density at radius 3 is 2.71 bits per heavy atom. The van der Waals surface area contributed by atoms with E-state index in [1.807, 2.05) is 0 Å². The topological polar surface area (TPSA) is 258 Å². The fourth-order valence-corrected chi connectivity index (χ4v) is 3.67. The predicted octanol–water partition coefficient (Wildman–Crippen LogP) is -2.94. The van der Waals surface area contributed by atoms with Crippen molar-refractivity contribution in [1.82, 2.24) is 24.6 Å². The van der Waals surface area contributed by atoms with Crippen LogP contribution in [0.5, 0.6) is 0 Å². The first-order valence-corrected chi connectivity index (χ1v) is 10.3. The summed E-state index contributed by atoms with van der Waals surface area (Å²) in [4.78, 5) is 43.8. The van der Waals surface area contributed by atoms with Crippen LogP contribution in [0.1, 0.15) is 12.6 Å². The molecule has 16 nitrogen and oxygen atoms in total. The van der Waals surface area contributed by atoms with E-state index < -0.39 is 63.2 Å². The Morgan fingerprint density at radius 2 is 2.03 bits per heavy atom. The molecular weight excluding hydrogens is 441 g/mol. The predicted molar refractivity (Wildman–Crippen MR) is 99.8 cm³/mol. The van der Waals surface area contributed by atoms with Gasteiger partial charge in [-0.1, -0.05) is 0 Å². The molecule has 17 heteroatoms. The highest BCUT2D eigenvalue weighted by molar-refractivity contribution is 7.51. The number of hydrogen-bond acceptors (Lipinski definition) is 12. The minimum atomic E-state index is -4.74. The van der Waals surface area contributed by atoms with Gasteiger partial charge in [0, 0.05) is 0 Å². The van der Waals surface area contributed by atoms with Crippen LogP contribution in [0.2, 0.25) is 0 Å². The molecule has 1 aliphatic heterocycles. The lowest BCUT2D eigenvalue weighted by molar-refractivity contribution is -0.140. The second-order valence-electron chi connectivity index (χ2n) is 6.63. The quantitative estimate of drug-likeness (QED) is 0.194. The van der Waals surface area contributed by atoms with E-state index >= 15 is 0 Å². The summed E-state index contributed by atoms with van der Waals surface area (Å²) in [5.74, 6) is -2.50. The van der Waals surface area contributed by atoms with Crippen LogP contribution in [0.4, 0.5) is 5.82 Å². The average Bonchev–Trinajstić information content (AvgIpc) is 3.22. The van der Waals surface area contributed by atoms with E-state index in [0.717, 1.165) is 0 Å². The molecule has 1 fully saturated rings. The Kier molecular flexibility index (Phi) is 6.51. The van der Waals surface area contributed by atoms with Gasteiger partial charge < -0.3 is 36.4 Å². The Hall–Kier alpha value is -2.72. The Balaban J connectivity index is 1.64. The number of nitrogens with zero attached hydrogens (tertiary/aromatic N) is 4. The Bertz CT molecular complexity index is 1030. The molecule has 0 saturated carbocycles. The van der Waals surface area contributed by atoms with E-state index in [1.54, 1.807) is 5.09 Å². The third-order valence-corrected chi connectivity index (χ3v) is 5.43. The number of aromatic nitrogens is 4. The van der Waals surface area contributed by atoms with Crippen LogP contribution in [0.15, 0.2) is 12.7 Å². The van der Waals surface area contributed by atoms with Crippen molar-refractivity contribution >= 4 is 36.6 Å². The summed E-state index contributed by atoms with van der Waals surface area (Å²) in [6.45, 7) is -0.697. The summed E-state index contributed by atoms with van der Waals surface area (Å²) < 4.78 is 23.6. The number of anilines is 1. The molecule has 0 radical (unpaired) electrons. The van der Waals surface area contributed by atoms with E-state index in [9.17, 15) is 29.3 Å². The van der Waals surface area contributed by atoms with Crippen LogP contribution in [0.25, 0.3) is 11.2 Å². The monoisotopic (exact) mass is 461 g/mol. The first-order valence-electron chi connectivity index (χ1n) is 8.71. The maximum absolute atomic E-state index is 12.0. The number of imidazole rings is 1. The zero-order chi connectivity index (χ0) is 22.9. The number of carbonyl (C=O) groups excluding carboxylic acids is 1. The van der Waals surface area contributed by atoms with Crippen molar-refractivity contribution in [3.8, 4) is 0 Å². The number of rotatable bonds is 8. The fraction of sp³-hybridized carbons (Fsp3) is 0.500. The molecule has 2 aromatic rings. The van der Waals surface area contributed by atoms with Crippen LogP contribution >= 0.6 is 7.75 Å². The van der Waals surface area contributed by atoms with Gasteiger partial charge in [-0.3, -0.25) is 23.8 Å².